The number of halogens is 2. The van der Waals surface area contributed by atoms with Crippen LogP contribution in [0.1, 0.15) is 29.8 Å². The van der Waals surface area contributed by atoms with Gasteiger partial charge >= 0.3 is 29.6 Å². The Morgan fingerprint density at radius 3 is 2.40 bits per heavy atom. The number of carbonyl (C=O) groups excluding carboxylic acids is 1. The maximum absolute atomic E-state index is 13.5. The quantitative estimate of drug-likeness (QED) is 0.175. The molecular weight excluding hydrogens is 588 g/mol. The molecule has 2 N–H and O–H groups in total. The zero-order valence-electron chi connectivity index (χ0n) is 21.7. The van der Waals surface area contributed by atoms with E-state index in [9.17, 15) is 22.9 Å². The van der Waals surface area contributed by atoms with Gasteiger partial charge in [-0.3, -0.25) is 9.35 Å². The second kappa shape index (κ2) is 13.3. The summed E-state index contributed by atoms with van der Waals surface area (Å²) in [7, 11) is -4.72. The minimum atomic E-state index is -4.72. The second-order valence-electron chi connectivity index (χ2n) is 8.30. The van der Waals surface area contributed by atoms with Crippen molar-refractivity contribution in [3.05, 3.63) is 81.8 Å². The van der Waals surface area contributed by atoms with Crippen molar-refractivity contribution in [2.75, 3.05) is 11.9 Å². The molecule has 4 aromatic rings. The van der Waals surface area contributed by atoms with Crippen molar-refractivity contribution in [3.8, 4) is 11.5 Å². The van der Waals surface area contributed by atoms with Gasteiger partial charge in [0.25, 0.3) is 16.0 Å². The number of benzene rings is 4. The van der Waals surface area contributed by atoms with Crippen LogP contribution in [0.2, 0.25) is 10.0 Å². The van der Waals surface area contributed by atoms with Crippen molar-refractivity contribution < 1.29 is 57.2 Å². The van der Waals surface area contributed by atoms with Gasteiger partial charge in [0.05, 0.1) is 23.0 Å². The predicted molar refractivity (Wildman–Crippen MR) is 149 cm³/mol. The van der Waals surface area contributed by atoms with Gasteiger partial charge < -0.3 is 15.2 Å². The maximum Gasteiger partial charge on any atom is 1.00 e. The number of azo groups is 1. The molecule has 0 unspecified atom stereocenters. The molecule has 40 heavy (non-hydrogen) atoms. The van der Waals surface area contributed by atoms with Crippen LogP contribution in [0.4, 0.5) is 17.1 Å². The summed E-state index contributed by atoms with van der Waals surface area (Å²) < 4.78 is 39.4. The first-order chi connectivity index (χ1) is 18.5. The molecule has 202 valence electrons. The van der Waals surface area contributed by atoms with E-state index in [4.69, 9.17) is 27.9 Å². The molecule has 0 aliphatic rings. The number of fused-ring (bicyclic) bond motifs is 1. The van der Waals surface area contributed by atoms with Gasteiger partial charge in [-0.25, -0.2) is 0 Å². The van der Waals surface area contributed by atoms with Gasteiger partial charge in [-0.15, -0.1) is 5.11 Å². The SMILES string of the molecule is CCOc1ccc(Cl)cc1NC(=O)c1cc2ccccc2c(N=Nc2c(Cl)cc(CC)cc2S(=O)(=O)O)c1[O-].[Na+]. The molecule has 4 aromatic carbocycles. The number of carbonyl (C=O) groups is 1. The van der Waals surface area contributed by atoms with E-state index in [1.54, 1.807) is 50.2 Å². The average Bonchev–Trinajstić information content (AvgIpc) is 2.89. The average molecular weight is 610 g/mol. The molecule has 0 aliphatic heterocycles. The molecule has 13 heteroatoms. The van der Waals surface area contributed by atoms with E-state index in [0.29, 0.717) is 40.1 Å². The Morgan fingerprint density at radius 2 is 1.73 bits per heavy atom. The molecule has 0 radical (unpaired) electrons. The van der Waals surface area contributed by atoms with Crippen molar-refractivity contribution in [1.82, 2.24) is 0 Å². The molecular formula is C27H22Cl2N3NaO6S. The summed E-state index contributed by atoms with van der Waals surface area (Å²) in [5.41, 5.74) is 0.0205. The van der Waals surface area contributed by atoms with Crippen LogP contribution in [0.5, 0.6) is 11.5 Å². The minimum Gasteiger partial charge on any atom is -0.870 e. The molecule has 0 saturated carbocycles. The van der Waals surface area contributed by atoms with Crippen LogP contribution in [0.3, 0.4) is 0 Å². The van der Waals surface area contributed by atoms with E-state index in [0.717, 1.165) is 0 Å². The molecule has 0 atom stereocenters. The number of hydrogen-bond donors (Lipinski definition) is 2. The van der Waals surface area contributed by atoms with Crippen LogP contribution in [0.15, 0.2) is 75.8 Å². The molecule has 9 nitrogen and oxygen atoms in total. The number of nitrogens with zero attached hydrogens (tertiary/aromatic N) is 2. The van der Waals surface area contributed by atoms with Gasteiger partial charge in [0.2, 0.25) is 0 Å². The Morgan fingerprint density at radius 1 is 1.02 bits per heavy atom. The van der Waals surface area contributed by atoms with Crippen LogP contribution >= 0.6 is 23.2 Å². The Hall–Kier alpha value is -2.70. The number of ether oxygens (including phenoxy) is 1. The standard InChI is InChI=1S/C27H23Cl2N3O6S.Na/c1-3-15-11-20(29)25(23(12-15)39(35,36)37)32-31-24-18-8-6-5-7-16(18)13-19(26(24)33)27(34)30-21-14-17(28)9-10-22(21)38-4-2;/h5-14,33H,3-4H2,1-2H3,(H,30,34)(H,35,36,37);/q;+1/p-1. The van der Waals surface area contributed by atoms with E-state index in [1.165, 1.54) is 24.3 Å². The van der Waals surface area contributed by atoms with Crippen molar-refractivity contribution >= 4 is 67.1 Å². The number of rotatable bonds is 8. The minimum absolute atomic E-state index is 0. The van der Waals surface area contributed by atoms with E-state index < -0.39 is 26.7 Å². The van der Waals surface area contributed by atoms with Gasteiger partial charge in [-0.1, -0.05) is 60.1 Å². The largest absolute Gasteiger partial charge is 1.00 e. The smallest absolute Gasteiger partial charge is 0.870 e. The third-order valence-electron chi connectivity index (χ3n) is 5.73. The summed E-state index contributed by atoms with van der Waals surface area (Å²) in [6.07, 6.45) is 0.448. The number of aryl methyl sites for hydroxylation is 1. The van der Waals surface area contributed by atoms with Crippen LogP contribution < -0.4 is 44.7 Å². The van der Waals surface area contributed by atoms with Gasteiger partial charge in [0.1, 0.15) is 16.3 Å². The van der Waals surface area contributed by atoms with Crippen LogP contribution in [-0.4, -0.2) is 25.5 Å². The van der Waals surface area contributed by atoms with E-state index in [1.807, 2.05) is 0 Å². The molecule has 0 aromatic heterocycles. The van der Waals surface area contributed by atoms with Gasteiger partial charge in [0, 0.05) is 16.0 Å². The summed E-state index contributed by atoms with van der Waals surface area (Å²) >= 11 is 12.4. The van der Waals surface area contributed by atoms with Gasteiger partial charge in [-0.2, -0.15) is 13.5 Å². The molecule has 4 rings (SSSR count). The van der Waals surface area contributed by atoms with Gasteiger partial charge in [0.15, 0.2) is 0 Å². The first kappa shape index (κ1) is 31.8. The fourth-order valence-electron chi connectivity index (χ4n) is 3.87. The molecule has 0 saturated heterocycles. The van der Waals surface area contributed by atoms with Crippen molar-refractivity contribution in [3.63, 3.8) is 0 Å². The second-order valence-corrected chi connectivity index (χ2v) is 10.5. The molecule has 0 bridgehead atoms. The normalized spacial score (nSPS) is 11.4. The van der Waals surface area contributed by atoms with E-state index >= 15 is 0 Å². The third-order valence-corrected chi connectivity index (χ3v) is 7.12. The Labute approximate surface area is 263 Å². The Balaban J connectivity index is 0.00000441. The van der Waals surface area contributed by atoms with Crippen LogP contribution in [0.25, 0.3) is 10.8 Å². The van der Waals surface area contributed by atoms with Crippen molar-refractivity contribution in [2.45, 2.75) is 25.2 Å². The van der Waals surface area contributed by atoms with Gasteiger partial charge in [-0.05, 0) is 60.7 Å². The number of hydrogen-bond acceptors (Lipinski definition) is 7. The van der Waals surface area contributed by atoms with Crippen LogP contribution in [-0.2, 0) is 16.5 Å². The maximum atomic E-state index is 13.5. The zero-order chi connectivity index (χ0) is 28.3. The summed E-state index contributed by atoms with van der Waals surface area (Å²) in [6, 6.07) is 15.5. The first-order valence-corrected chi connectivity index (χ1v) is 13.9. The molecule has 0 fully saturated rings. The molecule has 1 amide bonds. The molecule has 0 spiro atoms. The molecule has 0 heterocycles. The number of amides is 1. The first-order valence-electron chi connectivity index (χ1n) is 11.7. The molecule has 0 aliphatic carbocycles. The van der Waals surface area contributed by atoms with Crippen molar-refractivity contribution in [2.24, 2.45) is 10.2 Å². The van der Waals surface area contributed by atoms with Crippen molar-refractivity contribution in [1.29, 1.82) is 0 Å². The topological polar surface area (TPSA) is 140 Å². The Bertz CT molecular complexity index is 1730. The zero-order valence-corrected chi connectivity index (χ0v) is 26.1. The summed E-state index contributed by atoms with van der Waals surface area (Å²) in [6.45, 7) is 3.91. The summed E-state index contributed by atoms with van der Waals surface area (Å²) in [5.74, 6) is -1.13. The fraction of sp³-hybridized carbons (Fsp3) is 0.148. The van der Waals surface area contributed by atoms with E-state index in [2.05, 4.69) is 15.5 Å². The summed E-state index contributed by atoms with van der Waals surface area (Å²) in [4.78, 5) is 12.7. The third kappa shape index (κ3) is 6.95. The van der Waals surface area contributed by atoms with Crippen LogP contribution in [0, 0.1) is 0 Å². The van der Waals surface area contributed by atoms with E-state index in [-0.39, 0.29) is 57.2 Å². The number of nitrogens with one attached hydrogen (secondary N) is 1. The monoisotopic (exact) mass is 609 g/mol. The summed E-state index contributed by atoms with van der Waals surface area (Å²) in [5, 5.41) is 25.3. The predicted octanol–water partition coefficient (Wildman–Crippen LogP) is 4.10. The fourth-order valence-corrected chi connectivity index (χ4v) is 5.08. The number of anilines is 1. The Kier molecular flexibility index (Phi) is 10.6.